The van der Waals surface area contributed by atoms with E-state index >= 15 is 0 Å². The molecule has 0 aliphatic carbocycles. The van der Waals surface area contributed by atoms with E-state index in [0.29, 0.717) is 5.58 Å². The molecule has 1 saturated heterocycles. The molecule has 0 spiro atoms. The lowest BCUT2D eigenvalue weighted by Gasteiger charge is -2.19. The summed E-state index contributed by atoms with van der Waals surface area (Å²) in [6.45, 7) is -0.00594. The summed E-state index contributed by atoms with van der Waals surface area (Å²) in [5.41, 5.74) is 0.535. The maximum Gasteiger partial charge on any atom is 0.326 e. The highest BCUT2D eigenvalue weighted by Crippen LogP contribution is 2.29. The van der Waals surface area contributed by atoms with Gasteiger partial charge < -0.3 is 19.5 Å². The molecule has 7 heteroatoms. The Morgan fingerprint density at radius 2 is 2.14 bits per heavy atom. The van der Waals surface area contributed by atoms with Crippen LogP contribution in [0.3, 0.4) is 0 Å². The van der Waals surface area contributed by atoms with Crippen molar-refractivity contribution in [3.05, 3.63) is 34.5 Å². The van der Waals surface area contributed by atoms with E-state index in [4.69, 9.17) is 9.52 Å². The highest BCUT2D eigenvalue weighted by Gasteiger charge is 2.40. The number of carboxylic acid groups (broad SMARTS) is 1. The lowest BCUT2D eigenvalue weighted by Crippen LogP contribution is -2.40. The Kier molecular flexibility index (Phi) is 3.46. The summed E-state index contributed by atoms with van der Waals surface area (Å²) in [7, 11) is 0. The van der Waals surface area contributed by atoms with Gasteiger partial charge in [0.15, 0.2) is 5.76 Å². The highest BCUT2D eigenvalue weighted by molar-refractivity contribution is 9.10. The van der Waals surface area contributed by atoms with Gasteiger partial charge in [0.1, 0.15) is 11.6 Å². The number of carbonyl (C=O) groups excluding carboxylic acids is 1. The number of hydrogen-bond donors (Lipinski definition) is 2. The summed E-state index contributed by atoms with van der Waals surface area (Å²) in [5.74, 6) is -1.59. The van der Waals surface area contributed by atoms with Crippen molar-refractivity contribution >= 4 is 38.8 Å². The number of aliphatic carboxylic acids is 1. The third-order valence-electron chi connectivity index (χ3n) is 3.53. The van der Waals surface area contributed by atoms with E-state index in [1.165, 1.54) is 0 Å². The van der Waals surface area contributed by atoms with E-state index in [1.54, 1.807) is 18.2 Å². The number of fused-ring (bicyclic) bond motifs is 1. The molecule has 1 aliphatic heterocycles. The zero-order valence-electron chi connectivity index (χ0n) is 10.8. The van der Waals surface area contributed by atoms with E-state index in [-0.39, 0.29) is 18.7 Å². The summed E-state index contributed by atoms with van der Waals surface area (Å²) in [6.07, 6.45) is -0.795. The minimum absolute atomic E-state index is 0.00594. The molecule has 2 heterocycles. The van der Waals surface area contributed by atoms with Crippen LogP contribution in [0.4, 0.5) is 0 Å². The molecule has 2 N–H and O–H groups in total. The minimum atomic E-state index is -1.13. The number of benzene rings is 1. The number of aliphatic hydroxyl groups excluding tert-OH is 1. The predicted octanol–water partition coefficient (Wildman–Crippen LogP) is 1.86. The van der Waals surface area contributed by atoms with Gasteiger partial charge in [-0.25, -0.2) is 4.79 Å². The molecular formula is C14H12BrNO5. The summed E-state index contributed by atoms with van der Waals surface area (Å²) >= 11 is 3.33. The number of aliphatic hydroxyl groups is 1. The zero-order valence-corrected chi connectivity index (χ0v) is 12.4. The molecule has 2 unspecified atom stereocenters. The molecule has 2 aromatic rings. The summed E-state index contributed by atoms with van der Waals surface area (Å²) in [4.78, 5) is 24.7. The largest absolute Gasteiger partial charge is 0.480 e. The van der Waals surface area contributed by atoms with Crippen molar-refractivity contribution in [2.75, 3.05) is 6.54 Å². The zero-order chi connectivity index (χ0) is 15.1. The lowest BCUT2D eigenvalue weighted by molar-refractivity contribution is -0.141. The number of β-amino-alcohol motifs (C(OH)–C–C–N with tert-alkyl or cyclic N) is 1. The SMILES string of the molecule is O=C(O)C1CC(O)CN1C(=O)c1cc2cccc(Br)c2o1. The van der Waals surface area contributed by atoms with Gasteiger partial charge in [0.25, 0.3) is 5.91 Å². The maximum atomic E-state index is 12.4. The second-order valence-corrected chi connectivity index (χ2v) is 5.82. The van der Waals surface area contributed by atoms with Gasteiger partial charge in [-0.15, -0.1) is 0 Å². The van der Waals surface area contributed by atoms with Crippen LogP contribution in [0.25, 0.3) is 11.0 Å². The Balaban J connectivity index is 1.96. The number of carbonyl (C=O) groups is 2. The smallest absolute Gasteiger partial charge is 0.326 e. The number of halogens is 1. The monoisotopic (exact) mass is 353 g/mol. The first-order valence-corrected chi connectivity index (χ1v) is 7.16. The standard InChI is InChI=1S/C14H12BrNO5/c15-9-3-1-2-7-4-11(21-12(7)9)13(18)16-6-8(17)5-10(16)14(19)20/h1-4,8,10,17H,5-6H2,(H,19,20). The van der Waals surface area contributed by atoms with Crippen molar-refractivity contribution in [1.82, 2.24) is 4.90 Å². The third kappa shape index (κ3) is 2.43. The Morgan fingerprint density at radius 3 is 2.81 bits per heavy atom. The van der Waals surface area contributed by atoms with Crippen LogP contribution in [0.1, 0.15) is 17.0 Å². The van der Waals surface area contributed by atoms with Crippen molar-refractivity contribution in [2.24, 2.45) is 0 Å². The fraction of sp³-hybridized carbons (Fsp3) is 0.286. The fourth-order valence-electron chi connectivity index (χ4n) is 2.55. The van der Waals surface area contributed by atoms with Gasteiger partial charge >= 0.3 is 5.97 Å². The molecule has 21 heavy (non-hydrogen) atoms. The highest BCUT2D eigenvalue weighted by atomic mass is 79.9. The summed E-state index contributed by atoms with van der Waals surface area (Å²) in [6, 6.07) is 5.96. The van der Waals surface area contributed by atoms with Gasteiger partial charge in [0.05, 0.1) is 10.6 Å². The molecule has 1 aromatic heterocycles. The van der Waals surface area contributed by atoms with Crippen LogP contribution < -0.4 is 0 Å². The molecule has 110 valence electrons. The third-order valence-corrected chi connectivity index (χ3v) is 4.16. The lowest BCUT2D eigenvalue weighted by atomic mass is 10.2. The number of hydrogen-bond acceptors (Lipinski definition) is 4. The molecule has 0 saturated carbocycles. The van der Waals surface area contributed by atoms with Gasteiger partial charge in [-0.2, -0.15) is 0 Å². The van der Waals surface area contributed by atoms with Crippen LogP contribution in [0.2, 0.25) is 0 Å². The fourth-order valence-corrected chi connectivity index (χ4v) is 3.01. The van der Waals surface area contributed by atoms with Gasteiger partial charge in [-0.05, 0) is 28.1 Å². The molecule has 0 bridgehead atoms. The molecule has 1 amide bonds. The van der Waals surface area contributed by atoms with Gasteiger partial charge in [0, 0.05) is 18.4 Å². The first-order valence-electron chi connectivity index (χ1n) is 6.37. The van der Waals surface area contributed by atoms with E-state index in [2.05, 4.69) is 15.9 Å². The van der Waals surface area contributed by atoms with Crippen molar-refractivity contribution in [3.8, 4) is 0 Å². The average molecular weight is 354 g/mol. The Hall–Kier alpha value is -1.86. The van der Waals surface area contributed by atoms with E-state index in [1.807, 2.05) is 6.07 Å². The van der Waals surface area contributed by atoms with Crippen molar-refractivity contribution in [2.45, 2.75) is 18.6 Å². The Morgan fingerprint density at radius 1 is 1.38 bits per heavy atom. The average Bonchev–Trinajstić information content (AvgIpc) is 3.02. The number of likely N-dealkylation sites (tertiary alicyclic amines) is 1. The van der Waals surface area contributed by atoms with Crippen molar-refractivity contribution in [1.29, 1.82) is 0 Å². The molecule has 1 aliphatic rings. The number of amides is 1. The molecule has 1 fully saturated rings. The molecule has 3 rings (SSSR count). The van der Waals surface area contributed by atoms with Crippen LogP contribution in [0, 0.1) is 0 Å². The molecule has 6 nitrogen and oxygen atoms in total. The predicted molar refractivity (Wildman–Crippen MR) is 77.0 cm³/mol. The summed E-state index contributed by atoms with van der Waals surface area (Å²) in [5, 5.41) is 19.5. The molecule has 2 atom stereocenters. The van der Waals surface area contributed by atoms with Gasteiger partial charge in [-0.1, -0.05) is 12.1 Å². The molecular weight excluding hydrogens is 342 g/mol. The van der Waals surface area contributed by atoms with Crippen molar-refractivity contribution < 1.29 is 24.2 Å². The number of para-hydroxylation sites is 1. The minimum Gasteiger partial charge on any atom is -0.480 e. The quantitative estimate of drug-likeness (QED) is 0.859. The summed E-state index contributed by atoms with van der Waals surface area (Å²) < 4.78 is 6.24. The van der Waals surface area contributed by atoms with E-state index < -0.39 is 24.0 Å². The maximum absolute atomic E-state index is 12.4. The second kappa shape index (κ2) is 5.16. The van der Waals surface area contributed by atoms with Crippen LogP contribution >= 0.6 is 15.9 Å². The van der Waals surface area contributed by atoms with Crippen LogP contribution in [0.5, 0.6) is 0 Å². The number of nitrogens with zero attached hydrogens (tertiary/aromatic N) is 1. The van der Waals surface area contributed by atoms with Gasteiger partial charge in [-0.3, -0.25) is 4.79 Å². The number of carboxylic acids is 1. The number of rotatable bonds is 2. The molecule has 1 aromatic carbocycles. The number of furan rings is 1. The molecule has 0 radical (unpaired) electrons. The van der Waals surface area contributed by atoms with Crippen LogP contribution in [-0.4, -0.2) is 45.7 Å². The van der Waals surface area contributed by atoms with E-state index in [9.17, 15) is 14.7 Å². The van der Waals surface area contributed by atoms with Crippen molar-refractivity contribution in [3.63, 3.8) is 0 Å². The topological polar surface area (TPSA) is 91.0 Å². The van der Waals surface area contributed by atoms with E-state index in [0.717, 1.165) is 14.8 Å². The van der Waals surface area contributed by atoms with Crippen LogP contribution in [0.15, 0.2) is 33.2 Å². The Labute approximate surface area is 128 Å². The van der Waals surface area contributed by atoms with Crippen LogP contribution in [-0.2, 0) is 4.79 Å². The second-order valence-electron chi connectivity index (χ2n) is 4.97. The normalized spacial score (nSPS) is 21.9. The Bertz CT molecular complexity index is 725. The first-order chi connectivity index (χ1) is 9.97. The first kappa shape index (κ1) is 14.1. The van der Waals surface area contributed by atoms with Gasteiger partial charge in [0.2, 0.25) is 0 Å².